The van der Waals surface area contributed by atoms with Crippen molar-refractivity contribution in [3.63, 3.8) is 0 Å². The Morgan fingerprint density at radius 1 is 0.634 bits per heavy atom. The molecule has 6 aromatic rings. The van der Waals surface area contributed by atoms with Crippen LogP contribution in [0.15, 0.2) is 133 Å². The van der Waals surface area contributed by atoms with Crippen LogP contribution in [0.1, 0.15) is 24.5 Å². The van der Waals surface area contributed by atoms with Crippen LogP contribution in [0, 0.1) is 5.82 Å². The van der Waals surface area contributed by atoms with E-state index in [4.69, 9.17) is 4.98 Å². The van der Waals surface area contributed by atoms with E-state index in [1.807, 2.05) is 12.1 Å². The average Bonchev–Trinajstić information content (AvgIpc) is 3.87. The molecule has 1 aliphatic carbocycles. The molecule has 0 bridgehead atoms. The standard InChI is InChI=1S/C37H30FNP.BrH/c1-40(29-12-4-2-5-13-29,30-14-6-3-7-15-30)34-19-11-9-17-32(34)36-35(26-22-24-28(38)25-23-26)31-16-8-10-18-33(31)39-37(36)27-20-21-27;/h2-19,22-25,27H,20-21H2,1H3;1H/q+1;/p-1. The summed E-state index contributed by atoms with van der Waals surface area (Å²) in [5, 5.41) is 5.13. The minimum absolute atomic E-state index is 0. The molecule has 5 aromatic carbocycles. The Morgan fingerprint density at radius 2 is 1.20 bits per heavy atom. The van der Waals surface area contributed by atoms with Gasteiger partial charge in [0.25, 0.3) is 0 Å². The van der Waals surface area contributed by atoms with Crippen LogP contribution in [0.25, 0.3) is 33.2 Å². The van der Waals surface area contributed by atoms with Gasteiger partial charge in [0.2, 0.25) is 0 Å². The largest absolute Gasteiger partial charge is 1.00 e. The van der Waals surface area contributed by atoms with Crippen LogP contribution in [-0.2, 0) is 0 Å². The van der Waals surface area contributed by atoms with Crippen molar-refractivity contribution in [1.29, 1.82) is 0 Å². The number of benzene rings is 5. The van der Waals surface area contributed by atoms with Crippen LogP contribution in [0.2, 0.25) is 0 Å². The Balaban J connectivity index is 0.00000302. The number of hydrogen-bond donors (Lipinski definition) is 0. The molecular weight excluding hydrogens is 588 g/mol. The van der Waals surface area contributed by atoms with Gasteiger partial charge in [-0.1, -0.05) is 84.9 Å². The molecule has 1 saturated carbocycles. The van der Waals surface area contributed by atoms with E-state index in [0.717, 1.165) is 40.6 Å². The Hall–Kier alpha value is -3.65. The first-order chi connectivity index (χ1) is 19.6. The zero-order valence-corrected chi connectivity index (χ0v) is 25.3. The van der Waals surface area contributed by atoms with Gasteiger partial charge >= 0.3 is 0 Å². The fourth-order valence-electron chi connectivity index (χ4n) is 6.03. The minimum Gasteiger partial charge on any atom is -1.00 e. The van der Waals surface area contributed by atoms with Crippen LogP contribution in [-0.4, -0.2) is 11.6 Å². The summed E-state index contributed by atoms with van der Waals surface area (Å²) in [7, 11) is -2.03. The molecule has 4 heteroatoms. The molecule has 0 saturated heterocycles. The Labute approximate surface area is 252 Å². The molecule has 0 atom stereocenters. The average molecular weight is 619 g/mol. The van der Waals surface area contributed by atoms with Gasteiger partial charge in [-0.3, -0.25) is 4.98 Å². The van der Waals surface area contributed by atoms with E-state index in [0.29, 0.717) is 5.92 Å². The number of nitrogens with zero attached hydrogens (tertiary/aromatic N) is 1. The van der Waals surface area contributed by atoms with E-state index in [-0.39, 0.29) is 22.8 Å². The van der Waals surface area contributed by atoms with Crippen LogP contribution < -0.4 is 32.9 Å². The Kier molecular flexibility index (Phi) is 7.60. The van der Waals surface area contributed by atoms with E-state index in [2.05, 4.69) is 116 Å². The van der Waals surface area contributed by atoms with Gasteiger partial charge in [-0.15, -0.1) is 0 Å². The second kappa shape index (κ2) is 11.3. The minimum atomic E-state index is -2.03. The highest BCUT2D eigenvalue weighted by Crippen LogP contribution is 2.56. The van der Waals surface area contributed by atoms with Gasteiger partial charge in [0.05, 0.1) is 17.9 Å². The molecule has 0 spiro atoms. The molecule has 1 nitrogen and oxygen atoms in total. The summed E-state index contributed by atoms with van der Waals surface area (Å²) < 4.78 is 14.1. The van der Waals surface area contributed by atoms with E-state index >= 15 is 0 Å². The van der Waals surface area contributed by atoms with E-state index in [9.17, 15) is 4.39 Å². The van der Waals surface area contributed by atoms with Crippen molar-refractivity contribution < 1.29 is 21.4 Å². The molecule has 0 unspecified atom stereocenters. The first-order valence-corrected chi connectivity index (χ1v) is 16.1. The number of para-hydroxylation sites is 1. The molecular formula is C37H30BrFNP. The summed E-state index contributed by atoms with van der Waals surface area (Å²) in [6.45, 7) is 2.44. The first-order valence-electron chi connectivity index (χ1n) is 13.9. The summed E-state index contributed by atoms with van der Waals surface area (Å²) in [6, 6.07) is 46.2. The third-order valence-corrected chi connectivity index (χ3v) is 12.2. The number of hydrogen-bond acceptors (Lipinski definition) is 1. The Morgan fingerprint density at radius 3 is 1.83 bits per heavy atom. The predicted octanol–water partition coefficient (Wildman–Crippen LogP) is 5.51. The summed E-state index contributed by atoms with van der Waals surface area (Å²) in [4.78, 5) is 5.32. The van der Waals surface area contributed by atoms with Crippen LogP contribution in [0.4, 0.5) is 4.39 Å². The molecule has 0 N–H and O–H groups in total. The fraction of sp³-hybridized carbons (Fsp3) is 0.108. The van der Waals surface area contributed by atoms with Crippen molar-refractivity contribution in [3.8, 4) is 22.3 Å². The zero-order chi connectivity index (χ0) is 27.1. The van der Waals surface area contributed by atoms with Gasteiger partial charge in [-0.2, -0.15) is 0 Å². The predicted molar refractivity (Wildman–Crippen MR) is 169 cm³/mol. The monoisotopic (exact) mass is 617 g/mol. The van der Waals surface area contributed by atoms with Gasteiger partial charge in [0, 0.05) is 28.0 Å². The topological polar surface area (TPSA) is 12.9 Å². The number of pyridine rings is 1. The van der Waals surface area contributed by atoms with Crippen LogP contribution in [0.5, 0.6) is 0 Å². The molecule has 0 aliphatic heterocycles. The summed E-state index contributed by atoms with van der Waals surface area (Å²) in [6.07, 6.45) is 2.29. The molecule has 1 fully saturated rings. The number of aromatic nitrogens is 1. The highest BCUT2D eigenvalue weighted by atomic mass is 79.9. The molecule has 1 aromatic heterocycles. The van der Waals surface area contributed by atoms with Crippen molar-refractivity contribution >= 4 is 34.1 Å². The van der Waals surface area contributed by atoms with Gasteiger partial charge in [-0.25, -0.2) is 4.39 Å². The fourth-order valence-corrected chi connectivity index (χ4v) is 9.47. The van der Waals surface area contributed by atoms with Crippen molar-refractivity contribution in [2.75, 3.05) is 6.66 Å². The normalized spacial score (nSPS) is 13.1. The van der Waals surface area contributed by atoms with Gasteiger partial charge in [0.1, 0.15) is 29.0 Å². The van der Waals surface area contributed by atoms with Crippen molar-refractivity contribution in [2.24, 2.45) is 0 Å². The number of fused-ring (bicyclic) bond motifs is 1. The maximum Gasteiger partial charge on any atom is 0.123 e. The van der Waals surface area contributed by atoms with Crippen molar-refractivity contribution in [3.05, 3.63) is 145 Å². The lowest BCUT2D eigenvalue weighted by Crippen LogP contribution is -3.00. The number of rotatable bonds is 6. The summed E-state index contributed by atoms with van der Waals surface area (Å²) in [5.41, 5.74) is 6.75. The molecule has 0 radical (unpaired) electrons. The third kappa shape index (κ3) is 4.92. The van der Waals surface area contributed by atoms with Crippen molar-refractivity contribution in [2.45, 2.75) is 18.8 Å². The smallest absolute Gasteiger partial charge is 0.123 e. The molecule has 202 valence electrons. The molecule has 1 heterocycles. The van der Waals surface area contributed by atoms with Gasteiger partial charge < -0.3 is 17.0 Å². The lowest BCUT2D eigenvalue weighted by Gasteiger charge is -2.27. The Bertz CT molecular complexity index is 1780. The van der Waals surface area contributed by atoms with E-state index < -0.39 is 7.26 Å². The summed E-state index contributed by atoms with van der Waals surface area (Å²) in [5.74, 6) is 0.211. The third-order valence-electron chi connectivity index (χ3n) is 8.22. The maximum absolute atomic E-state index is 14.1. The van der Waals surface area contributed by atoms with Crippen LogP contribution in [0.3, 0.4) is 0 Å². The second-order valence-electron chi connectivity index (χ2n) is 10.7. The first kappa shape index (κ1) is 27.5. The lowest BCUT2D eigenvalue weighted by molar-refractivity contribution is -0.00000831. The van der Waals surface area contributed by atoms with Crippen LogP contribution >= 0.6 is 7.26 Å². The highest BCUT2D eigenvalue weighted by molar-refractivity contribution is 7.95. The lowest BCUT2D eigenvalue weighted by atomic mass is 9.89. The van der Waals surface area contributed by atoms with Crippen molar-refractivity contribution in [1.82, 2.24) is 4.98 Å². The molecule has 7 rings (SSSR count). The molecule has 1 aliphatic rings. The van der Waals surface area contributed by atoms with E-state index in [1.54, 1.807) is 12.1 Å². The second-order valence-corrected chi connectivity index (χ2v) is 14.3. The highest BCUT2D eigenvalue weighted by Gasteiger charge is 2.43. The van der Waals surface area contributed by atoms with E-state index in [1.165, 1.54) is 27.0 Å². The summed E-state index contributed by atoms with van der Waals surface area (Å²) >= 11 is 0. The number of halogens is 2. The quantitative estimate of drug-likeness (QED) is 0.225. The molecule has 41 heavy (non-hydrogen) atoms. The van der Waals surface area contributed by atoms with Gasteiger partial charge in [-0.05, 0) is 66.9 Å². The SMILES string of the molecule is C[P+](c1ccccc1)(c1ccccc1)c1ccccc1-c1c(C2CC2)nc2ccccc2c1-c1ccc(F)cc1.[Br-]. The zero-order valence-electron chi connectivity index (χ0n) is 22.8. The molecule has 0 amide bonds. The maximum atomic E-state index is 14.1. The van der Waals surface area contributed by atoms with Gasteiger partial charge in [0.15, 0.2) is 0 Å².